The van der Waals surface area contributed by atoms with E-state index in [-0.39, 0.29) is 0 Å². The second-order valence-corrected chi connectivity index (χ2v) is 3.21. The lowest BCUT2D eigenvalue weighted by molar-refractivity contribution is 1.57. The van der Waals surface area contributed by atoms with Crippen molar-refractivity contribution in [3.63, 3.8) is 0 Å². The van der Waals surface area contributed by atoms with Crippen molar-refractivity contribution < 1.29 is 0 Å². The highest BCUT2D eigenvalue weighted by molar-refractivity contribution is 6.42. The van der Waals surface area contributed by atoms with Crippen molar-refractivity contribution in [3.8, 4) is 0 Å². The average molecular weight is 186 g/mol. The number of halogens is 2. The molecule has 56 valence electrons. The van der Waals surface area contributed by atoms with E-state index in [0.29, 0.717) is 10.0 Å². The van der Waals surface area contributed by atoms with E-state index in [4.69, 9.17) is 23.2 Å². The van der Waals surface area contributed by atoms with Gasteiger partial charge < -0.3 is 0 Å². The summed E-state index contributed by atoms with van der Waals surface area (Å²) >= 11 is 11.5. The zero-order valence-corrected chi connectivity index (χ0v) is 7.15. The molecular weight excluding hydrogens is 181 g/mol. The van der Waals surface area contributed by atoms with Crippen LogP contribution in [0.1, 0.15) is 5.56 Å². The van der Waals surface area contributed by atoms with Crippen molar-refractivity contribution in [1.82, 2.24) is 0 Å². The number of nitrogens with zero attached hydrogens (tertiary/aromatic N) is 1. The molecule has 0 saturated heterocycles. The predicted molar refractivity (Wildman–Crippen MR) is 47.9 cm³/mol. The lowest BCUT2D eigenvalue weighted by Gasteiger charge is -1.95. The maximum atomic E-state index is 5.80. The monoisotopic (exact) mass is 185 g/mol. The van der Waals surface area contributed by atoms with Gasteiger partial charge in [-0.3, -0.25) is 4.99 Å². The van der Waals surface area contributed by atoms with Crippen molar-refractivity contribution in [3.05, 3.63) is 33.8 Å². The fourth-order valence-corrected chi connectivity index (χ4v) is 1.20. The van der Waals surface area contributed by atoms with E-state index in [1.54, 1.807) is 6.07 Å². The van der Waals surface area contributed by atoms with Crippen LogP contribution in [0.25, 0.3) is 0 Å². The average Bonchev–Trinajstić information content (AvgIpc) is 2.77. The van der Waals surface area contributed by atoms with E-state index in [9.17, 15) is 0 Å². The molecule has 0 saturated carbocycles. The summed E-state index contributed by atoms with van der Waals surface area (Å²) in [5.74, 6) is 0. The maximum Gasteiger partial charge on any atom is 0.0817 e. The highest BCUT2D eigenvalue weighted by atomic mass is 35.5. The Labute approximate surface area is 74.7 Å². The molecule has 0 radical (unpaired) electrons. The van der Waals surface area contributed by atoms with Crippen molar-refractivity contribution >= 4 is 28.9 Å². The highest BCUT2D eigenvalue weighted by Gasteiger charge is 2.12. The van der Waals surface area contributed by atoms with Crippen LogP contribution in [0.15, 0.2) is 23.2 Å². The third kappa shape index (κ3) is 1.39. The van der Waals surface area contributed by atoms with Gasteiger partial charge in [0.2, 0.25) is 0 Å². The molecule has 0 spiro atoms. The van der Waals surface area contributed by atoms with Crippen LogP contribution in [0.4, 0.5) is 0 Å². The van der Waals surface area contributed by atoms with Gasteiger partial charge in [0.05, 0.1) is 22.3 Å². The molecule has 0 unspecified atom stereocenters. The van der Waals surface area contributed by atoms with Crippen molar-refractivity contribution in [2.24, 2.45) is 4.99 Å². The SMILES string of the molecule is Clc1ccc(C2=NC2)cc1Cl. The fourth-order valence-electron chi connectivity index (χ4n) is 0.898. The normalized spacial score (nSPS) is 14.5. The van der Waals surface area contributed by atoms with Crippen LogP contribution in [0.2, 0.25) is 10.0 Å². The molecule has 3 heteroatoms. The van der Waals surface area contributed by atoms with Gasteiger partial charge in [0.25, 0.3) is 0 Å². The Hall–Kier alpha value is -0.530. The minimum Gasteiger partial charge on any atom is -0.281 e. The van der Waals surface area contributed by atoms with Crippen LogP contribution in [-0.4, -0.2) is 12.3 Å². The molecule has 1 aliphatic rings. The molecule has 1 aliphatic heterocycles. The van der Waals surface area contributed by atoms with Gasteiger partial charge in [-0.25, -0.2) is 0 Å². The lowest BCUT2D eigenvalue weighted by Crippen LogP contribution is -1.86. The smallest absolute Gasteiger partial charge is 0.0817 e. The standard InChI is InChI=1S/C8H5Cl2N/c9-6-2-1-5(3-7(6)10)8-4-11-8/h1-3H,4H2. The van der Waals surface area contributed by atoms with Gasteiger partial charge in [-0.2, -0.15) is 0 Å². The number of rotatable bonds is 1. The number of aliphatic imine (C=N–C) groups is 1. The van der Waals surface area contributed by atoms with Crippen LogP contribution in [0.3, 0.4) is 0 Å². The molecular formula is C8H5Cl2N. The van der Waals surface area contributed by atoms with Gasteiger partial charge in [-0.1, -0.05) is 29.3 Å². The van der Waals surface area contributed by atoms with Crippen LogP contribution in [-0.2, 0) is 0 Å². The summed E-state index contributed by atoms with van der Waals surface area (Å²) in [6, 6.07) is 5.57. The third-order valence-corrected chi connectivity index (χ3v) is 2.31. The van der Waals surface area contributed by atoms with Crippen LogP contribution in [0.5, 0.6) is 0 Å². The molecule has 11 heavy (non-hydrogen) atoms. The molecule has 1 nitrogen and oxygen atoms in total. The number of benzene rings is 1. The van der Waals surface area contributed by atoms with E-state index >= 15 is 0 Å². The fraction of sp³-hybridized carbons (Fsp3) is 0.125. The van der Waals surface area contributed by atoms with Crippen LogP contribution in [0, 0.1) is 0 Å². The molecule has 1 aromatic rings. The van der Waals surface area contributed by atoms with E-state index in [0.717, 1.165) is 17.8 Å². The first-order valence-corrected chi connectivity index (χ1v) is 4.02. The Kier molecular flexibility index (Phi) is 1.63. The molecule has 0 amide bonds. The van der Waals surface area contributed by atoms with Crippen molar-refractivity contribution in [2.75, 3.05) is 6.54 Å². The van der Waals surface area contributed by atoms with Gasteiger partial charge in [-0.15, -0.1) is 0 Å². The van der Waals surface area contributed by atoms with E-state index in [1.165, 1.54) is 0 Å². The Balaban J connectivity index is 2.44. The Morgan fingerprint density at radius 3 is 2.45 bits per heavy atom. The van der Waals surface area contributed by atoms with E-state index in [1.807, 2.05) is 12.1 Å². The first kappa shape index (κ1) is 7.14. The number of hydrogen-bond donors (Lipinski definition) is 0. The summed E-state index contributed by atoms with van der Waals surface area (Å²) in [6.45, 7) is 0.845. The second kappa shape index (κ2) is 2.50. The van der Waals surface area contributed by atoms with E-state index < -0.39 is 0 Å². The molecule has 2 rings (SSSR count). The summed E-state index contributed by atoms with van der Waals surface area (Å²) < 4.78 is 0. The summed E-state index contributed by atoms with van der Waals surface area (Å²) in [7, 11) is 0. The summed E-state index contributed by atoms with van der Waals surface area (Å²) in [5.41, 5.74) is 2.20. The van der Waals surface area contributed by atoms with Gasteiger partial charge in [0, 0.05) is 0 Å². The summed E-state index contributed by atoms with van der Waals surface area (Å²) in [6.07, 6.45) is 0. The second-order valence-electron chi connectivity index (χ2n) is 2.39. The maximum absolute atomic E-state index is 5.80. The molecule has 0 aliphatic carbocycles. The molecule has 1 heterocycles. The molecule has 1 aromatic carbocycles. The molecule has 0 N–H and O–H groups in total. The van der Waals surface area contributed by atoms with E-state index in [2.05, 4.69) is 4.99 Å². The van der Waals surface area contributed by atoms with Crippen molar-refractivity contribution in [2.45, 2.75) is 0 Å². The minimum atomic E-state index is 0.594. The summed E-state index contributed by atoms with van der Waals surface area (Å²) in [4.78, 5) is 4.06. The van der Waals surface area contributed by atoms with Crippen molar-refractivity contribution in [1.29, 1.82) is 0 Å². The quantitative estimate of drug-likeness (QED) is 0.639. The zero-order chi connectivity index (χ0) is 7.84. The lowest BCUT2D eigenvalue weighted by atomic mass is 10.2. The molecule has 0 aromatic heterocycles. The van der Waals surface area contributed by atoms with Crippen LogP contribution >= 0.6 is 23.2 Å². The molecule has 0 atom stereocenters. The largest absolute Gasteiger partial charge is 0.281 e. The number of hydrogen-bond acceptors (Lipinski definition) is 1. The molecule has 0 fully saturated rings. The first-order chi connectivity index (χ1) is 5.27. The van der Waals surface area contributed by atoms with Gasteiger partial charge >= 0.3 is 0 Å². The third-order valence-electron chi connectivity index (χ3n) is 1.57. The Morgan fingerprint density at radius 1 is 1.18 bits per heavy atom. The predicted octanol–water partition coefficient (Wildman–Crippen LogP) is 2.80. The zero-order valence-electron chi connectivity index (χ0n) is 5.64. The summed E-state index contributed by atoms with van der Waals surface area (Å²) in [5, 5.41) is 1.19. The Bertz CT molecular complexity index is 331. The topological polar surface area (TPSA) is 12.4 Å². The molecule has 0 bridgehead atoms. The highest BCUT2D eigenvalue weighted by Crippen LogP contribution is 2.24. The Morgan fingerprint density at radius 2 is 1.91 bits per heavy atom. The first-order valence-electron chi connectivity index (χ1n) is 3.26. The van der Waals surface area contributed by atoms with Gasteiger partial charge in [-0.05, 0) is 17.7 Å². The van der Waals surface area contributed by atoms with Crippen LogP contribution < -0.4 is 0 Å². The minimum absolute atomic E-state index is 0.594. The van der Waals surface area contributed by atoms with Gasteiger partial charge in [0.1, 0.15) is 0 Å². The van der Waals surface area contributed by atoms with Gasteiger partial charge in [0.15, 0.2) is 0 Å².